The molecule has 2 aromatic carbocycles. The molecule has 166 valence electrons. The summed E-state index contributed by atoms with van der Waals surface area (Å²) in [6.45, 7) is 0. The van der Waals surface area contributed by atoms with Crippen LogP contribution in [-0.4, -0.2) is 29.0 Å². The van der Waals surface area contributed by atoms with Gasteiger partial charge < -0.3 is 9.15 Å². The Hall–Kier alpha value is -4.02. The lowest BCUT2D eigenvalue weighted by atomic mass is 10.1. The number of furan rings is 1. The number of anilines is 1. The predicted molar refractivity (Wildman–Crippen MR) is 125 cm³/mol. The number of methoxy groups -OCH3 is 1. The van der Waals surface area contributed by atoms with Crippen molar-refractivity contribution in [2.24, 2.45) is 0 Å². The Morgan fingerprint density at radius 1 is 1.15 bits per heavy atom. The van der Waals surface area contributed by atoms with E-state index >= 15 is 0 Å². The third kappa shape index (κ3) is 4.34. The van der Waals surface area contributed by atoms with Crippen LogP contribution in [0.4, 0.5) is 11.4 Å². The lowest BCUT2D eigenvalue weighted by molar-refractivity contribution is -0.384. The van der Waals surface area contributed by atoms with E-state index in [-0.39, 0.29) is 38.5 Å². The molecular formula is C22H14ClN3O6S. The molecule has 0 spiro atoms. The molecule has 1 N–H and O–H groups in total. The number of hydrogen-bond acceptors (Lipinski definition) is 7. The summed E-state index contributed by atoms with van der Waals surface area (Å²) >= 11 is 11.0. The highest BCUT2D eigenvalue weighted by atomic mass is 35.5. The van der Waals surface area contributed by atoms with Crippen molar-refractivity contribution >= 4 is 58.2 Å². The Balaban J connectivity index is 1.68. The molecule has 1 aromatic heterocycles. The lowest BCUT2D eigenvalue weighted by Gasteiger charge is -2.28. The summed E-state index contributed by atoms with van der Waals surface area (Å²) in [6.07, 6.45) is 1.25. The van der Waals surface area contributed by atoms with Gasteiger partial charge in [-0.05, 0) is 66.8 Å². The Bertz CT molecular complexity index is 1330. The highest BCUT2D eigenvalue weighted by molar-refractivity contribution is 7.80. The van der Waals surface area contributed by atoms with Gasteiger partial charge in [-0.1, -0.05) is 11.6 Å². The maximum absolute atomic E-state index is 13.1. The average molecular weight is 484 g/mol. The van der Waals surface area contributed by atoms with Crippen LogP contribution in [0.15, 0.2) is 64.6 Å². The van der Waals surface area contributed by atoms with E-state index < -0.39 is 16.7 Å². The number of thiocarbonyl (C=S) groups is 1. The van der Waals surface area contributed by atoms with Crippen molar-refractivity contribution in [2.45, 2.75) is 0 Å². The molecule has 1 aliphatic rings. The summed E-state index contributed by atoms with van der Waals surface area (Å²) < 4.78 is 10.8. The van der Waals surface area contributed by atoms with Gasteiger partial charge in [0.15, 0.2) is 5.11 Å². The smallest absolute Gasteiger partial charge is 0.281 e. The van der Waals surface area contributed by atoms with Crippen molar-refractivity contribution < 1.29 is 23.7 Å². The molecule has 33 heavy (non-hydrogen) atoms. The van der Waals surface area contributed by atoms with Crippen LogP contribution in [-0.2, 0) is 9.59 Å². The van der Waals surface area contributed by atoms with E-state index in [9.17, 15) is 19.7 Å². The maximum atomic E-state index is 13.1. The van der Waals surface area contributed by atoms with E-state index in [1.807, 2.05) is 0 Å². The van der Waals surface area contributed by atoms with Crippen LogP contribution in [0.5, 0.6) is 5.75 Å². The number of rotatable bonds is 5. The lowest BCUT2D eigenvalue weighted by Crippen LogP contribution is -2.54. The van der Waals surface area contributed by atoms with Crippen molar-refractivity contribution in [2.75, 3.05) is 12.0 Å². The third-order valence-electron chi connectivity index (χ3n) is 4.77. The van der Waals surface area contributed by atoms with Crippen molar-refractivity contribution in [1.29, 1.82) is 0 Å². The van der Waals surface area contributed by atoms with Gasteiger partial charge in [0.2, 0.25) is 0 Å². The second-order valence-electron chi connectivity index (χ2n) is 6.78. The standard InChI is InChI=1S/C22H14ClN3O6S/c1-31-14-5-3-13(4-6-14)25-21(28)17(20(27)24-22(25)33)11-15-7-9-19(32-15)16-8-2-12(23)10-18(16)26(29)30/h2-11H,1H3,(H,24,27,33)/b17-11-. The fourth-order valence-corrected chi connectivity index (χ4v) is 3.65. The second-order valence-corrected chi connectivity index (χ2v) is 7.60. The molecule has 3 aromatic rings. The van der Waals surface area contributed by atoms with E-state index in [4.69, 9.17) is 33.0 Å². The quantitative estimate of drug-likeness (QED) is 0.188. The zero-order valence-electron chi connectivity index (χ0n) is 16.9. The second kappa shape index (κ2) is 8.85. The molecule has 2 amide bonds. The van der Waals surface area contributed by atoms with Crippen LogP contribution in [0, 0.1) is 10.1 Å². The average Bonchev–Trinajstić information content (AvgIpc) is 3.25. The normalized spacial score (nSPS) is 15.0. The number of nitro groups is 1. The summed E-state index contributed by atoms with van der Waals surface area (Å²) in [5, 5.41) is 14.0. The van der Waals surface area contributed by atoms with Crippen molar-refractivity contribution in [3.05, 3.63) is 81.1 Å². The van der Waals surface area contributed by atoms with Crippen LogP contribution in [0.3, 0.4) is 0 Å². The van der Waals surface area contributed by atoms with Crippen molar-refractivity contribution in [3.63, 3.8) is 0 Å². The molecule has 0 aliphatic carbocycles. The number of benzene rings is 2. The van der Waals surface area contributed by atoms with Crippen LogP contribution < -0.4 is 15.0 Å². The van der Waals surface area contributed by atoms with E-state index in [0.29, 0.717) is 11.4 Å². The number of carbonyl (C=O) groups is 2. The Kier molecular flexibility index (Phi) is 5.95. The molecule has 0 atom stereocenters. The molecule has 11 heteroatoms. The van der Waals surface area contributed by atoms with E-state index in [0.717, 1.165) is 0 Å². The van der Waals surface area contributed by atoms with Crippen LogP contribution >= 0.6 is 23.8 Å². The van der Waals surface area contributed by atoms with E-state index in [1.165, 1.54) is 48.4 Å². The summed E-state index contributed by atoms with van der Waals surface area (Å²) in [6, 6.07) is 13.7. The minimum Gasteiger partial charge on any atom is -0.497 e. The van der Waals surface area contributed by atoms with E-state index in [2.05, 4.69) is 5.32 Å². The van der Waals surface area contributed by atoms with Gasteiger partial charge in [-0.25, -0.2) is 0 Å². The van der Waals surface area contributed by atoms with Gasteiger partial charge in [0.25, 0.3) is 17.5 Å². The topological polar surface area (TPSA) is 115 Å². The van der Waals surface area contributed by atoms with Gasteiger partial charge in [-0.15, -0.1) is 0 Å². The first-order chi connectivity index (χ1) is 15.8. The number of nitrogens with one attached hydrogen (secondary N) is 1. The first-order valence-corrected chi connectivity index (χ1v) is 10.2. The minimum absolute atomic E-state index is 0.0655. The molecule has 1 saturated heterocycles. The molecule has 1 fully saturated rings. The zero-order valence-corrected chi connectivity index (χ0v) is 18.5. The number of nitrogens with zero attached hydrogens (tertiary/aromatic N) is 2. The molecule has 4 rings (SSSR count). The SMILES string of the molecule is COc1ccc(N2C(=O)/C(=C\c3ccc(-c4ccc(Cl)cc4[N+](=O)[O-])o3)C(=O)NC2=S)cc1. The first kappa shape index (κ1) is 22.2. The minimum atomic E-state index is -0.690. The monoisotopic (exact) mass is 483 g/mol. The molecule has 9 nitrogen and oxygen atoms in total. The Morgan fingerprint density at radius 2 is 1.88 bits per heavy atom. The number of ether oxygens (including phenoxy) is 1. The molecule has 0 bridgehead atoms. The Labute approximate surface area is 197 Å². The first-order valence-electron chi connectivity index (χ1n) is 9.38. The fraction of sp³-hybridized carbons (Fsp3) is 0.0455. The van der Waals surface area contributed by atoms with Crippen molar-refractivity contribution in [3.8, 4) is 17.1 Å². The molecule has 1 aliphatic heterocycles. The number of carbonyl (C=O) groups excluding carboxylic acids is 2. The van der Waals surface area contributed by atoms with E-state index in [1.54, 1.807) is 24.3 Å². The molecule has 0 unspecified atom stereocenters. The highest BCUT2D eigenvalue weighted by Crippen LogP contribution is 2.34. The predicted octanol–water partition coefficient (Wildman–Crippen LogP) is 4.35. The molecule has 0 saturated carbocycles. The molecular weight excluding hydrogens is 470 g/mol. The summed E-state index contributed by atoms with van der Waals surface area (Å²) in [4.78, 5) is 37.5. The number of hydrogen-bond donors (Lipinski definition) is 1. The molecule has 0 radical (unpaired) electrons. The van der Waals surface area contributed by atoms with Gasteiger partial charge in [-0.2, -0.15) is 0 Å². The maximum Gasteiger partial charge on any atom is 0.281 e. The fourth-order valence-electron chi connectivity index (χ4n) is 3.20. The number of nitro benzene ring substituents is 1. The van der Waals surface area contributed by atoms with Gasteiger partial charge >= 0.3 is 0 Å². The van der Waals surface area contributed by atoms with Gasteiger partial charge in [0.1, 0.15) is 22.8 Å². The highest BCUT2D eigenvalue weighted by Gasteiger charge is 2.34. The van der Waals surface area contributed by atoms with Crippen molar-refractivity contribution in [1.82, 2.24) is 5.32 Å². The summed E-state index contributed by atoms with van der Waals surface area (Å²) in [5.74, 6) is -0.422. The van der Waals surface area contributed by atoms with Gasteiger partial charge in [-0.3, -0.25) is 29.9 Å². The Morgan fingerprint density at radius 3 is 2.55 bits per heavy atom. The number of halogens is 1. The summed E-state index contributed by atoms with van der Waals surface area (Å²) in [5.41, 5.74) is 0.188. The summed E-state index contributed by atoms with van der Waals surface area (Å²) in [7, 11) is 1.52. The largest absolute Gasteiger partial charge is 0.497 e. The van der Waals surface area contributed by atoms with Crippen LogP contribution in [0.25, 0.3) is 17.4 Å². The zero-order chi connectivity index (χ0) is 23.7. The van der Waals surface area contributed by atoms with Crippen LogP contribution in [0.1, 0.15) is 5.76 Å². The molecule has 2 heterocycles. The van der Waals surface area contributed by atoms with Gasteiger partial charge in [0.05, 0.1) is 23.3 Å². The van der Waals surface area contributed by atoms with Gasteiger partial charge in [0, 0.05) is 11.1 Å². The van der Waals surface area contributed by atoms with Crippen LogP contribution in [0.2, 0.25) is 5.02 Å². The number of amides is 2. The third-order valence-corrected chi connectivity index (χ3v) is 5.29.